The number of benzene rings is 2. The number of fused-ring (bicyclic) bond motifs is 1. The number of hydrogen-bond acceptors (Lipinski definition) is 4. The highest BCUT2D eigenvalue weighted by atomic mass is 35.5. The van der Waals surface area contributed by atoms with Gasteiger partial charge in [-0.05, 0) is 50.6 Å². The van der Waals surface area contributed by atoms with Gasteiger partial charge in [0.2, 0.25) is 0 Å². The summed E-state index contributed by atoms with van der Waals surface area (Å²) in [5, 5.41) is 2.63. The van der Waals surface area contributed by atoms with E-state index < -0.39 is 5.97 Å². The Morgan fingerprint density at radius 2 is 1.81 bits per heavy atom. The molecule has 0 aliphatic carbocycles. The third kappa shape index (κ3) is 4.77. The van der Waals surface area contributed by atoms with Crippen LogP contribution in [0.5, 0.6) is 0 Å². The number of rotatable bonds is 5. The van der Waals surface area contributed by atoms with Crippen molar-refractivity contribution in [2.24, 2.45) is 0 Å². The summed E-state index contributed by atoms with van der Waals surface area (Å²) in [7, 11) is 0. The second kappa shape index (κ2) is 8.98. The molecule has 0 N–H and O–H groups in total. The molecule has 0 bridgehead atoms. The average Bonchev–Trinajstić information content (AvgIpc) is 2.64. The molecule has 0 spiro atoms. The summed E-state index contributed by atoms with van der Waals surface area (Å²) in [5.41, 5.74) is 0. The van der Waals surface area contributed by atoms with E-state index in [2.05, 4.69) is 13.8 Å². The highest BCUT2D eigenvalue weighted by molar-refractivity contribution is 8.00. The summed E-state index contributed by atoms with van der Waals surface area (Å²) in [6.45, 7) is 3.91. The first-order chi connectivity index (χ1) is 13.0. The lowest BCUT2D eigenvalue weighted by atomic mass is 9.97. The zero-order valence-electron chi connectivity index (χ0n) is 15.6. The smallest absolute Gasteiger partial charge is 0.316 e. The van der Waals surface area contributed by atoms with Gasteiger partial charge in [-0.1, -0.05) is 35.9 Å². The van der Waals surface area contributed by atoms with Gasteiger partial charge in [-0.25, -0.2) is 0 Å². The standard InChI is InChI=1S/C21H24ClNO3S/c1-14-6-3-7-15(2)23(14)19(24)12-26-20(25)13-27-18-11-5-9-16-8-4-10-17(22)21(16)18/h4-5,8-11,14-15H,3,6-7,12-13H2,1-2H3/t14-,15-/m0/s1. The van der Waals surface area contributed by atoms with Gasteiger partial charge in [-0.2, -0.15) is 0 Å². The van der Waals surface area contributed by atoms with Gasteiger partial charge in [0.15, 0.2) is 6.61 Å². The third-order valence-electron chi connectivity index (χ3n) is 5.00. The van der Waals surface area contributed by atoms with E-state index in [4.69, 9.17) is 16.3 Å². The van der Waals surface area contributed by atoms with Crippen molar-refractivity contribution in [2.75, 3.05) is 12.4 Å². The molecule has 27 heavy (non-hydrogen) atoms. The predicted molar refractivity (Wildman–Crippen MR) is 110 cm³/mol. The lowest BCUT2D eigenvalue weighted by Gasteiger charge is -2.38. The van der Waals surface area contributed by atoms with Crippen LogP contribution in [0, 0.1) is 0 Å². The van der Waals surface area contributed by atoms with Crippen LogP contribution in [0.25, 0.3) is 10.8 Å². The van der Waals surface area contributed by atoms with Crippen LogP contribution in [0.4, 0.5) is 0 Å². The summed E-state index contributed by atoms with van der Waals surface area (Å²) in [6, 6.07) is 12.0. The van der Waals surface area contributed by atoms with E-state index in [0.717, 1.165) is 34.9 Å². The first-order valence-corrected chi connectivity index (χ1v) is 10.6. The third-order valence-corrected chi connectivity index (χ3v) is 6.35. The lowest BCUT2D eigenvalue weighted by Crippen LogP contribution is -2.49. The zero-order valence-corrected chi connectivity index (χ0v) is 17.2. The largest absolute Gasteiger partial charge is 0.455 e. The van der Waals surface area contributed by atoms with Crippen molar-refractivity contribution < 1.29 is 14.3 Å². The summed E-state index contributed by atoms with van der Waals surface area (Å²) in [6.07, 6.45) is 3.14. The molecule has 3 rings (SSSR count). The monoisotopic (exact) mass is 405 g/mol. The first kappa shape index (κ1) is 20.0. The number of esters is 1. The molecule has 1 fully saturated rings. The second-order valence-electron chi connectivity index (χ2n) is 6.97. The van der Waals surface area contributed by atoms with E-state index in [9.17, 15) is 9.59 Å². The molecule has 0 saturated carbocycles. The van der Waals surface area contributed by atoms with Crippen molar-refractivity contribution >= 4 is 46.0 Å². The molecule has 1 saturated heterocycles. The molecule has 144 valence electrons. The molecule has 1 aliphatic rings. The Bertz CT molecular complexity index is 826. The van der Waals surface area contributed by atoms with Gasteiger partial charge in [0.25, 0.3) is 5.91 Å². The number of nitrogens with zero attached hydrogens (tertiary/aromatic N) is 1. The van der Waals surface area contributed by atoms with Gasteiger partial charge in [0, 0.05) is 27.4 Å². The Kier molecular flexibility index (Phi) is 6.66. The molecular formula is C21H24ClNO3S. The van der Waals surface area contributed by atoms with Crippen LogP contribution in [0.2, 0.25) is 5.02 Å². The topological polar surface area (TPSA) is 46.6 Å². The van der Waals surface area contributed by atoms with Crippen molar-refractivity contribution in [2.45, 2.75) is 50.1 Å². The van der Waals surface area contributed by atoms with E-state index in [1.807, 2.05) is 41.3 Å². The van der Waals surface area contributed by atoms with Crippen LogP contribution in [0.3, 0.4) is 0 Å². The van der Waals surface area contributed by atoms with Gasteiger partial charge in [0.05, 0.1) is 5.75 Å². The molecule has 6 heteroatoms. The minimum Gasteiger partial charge on any atom is -0.455 e. The first-order valence-electron chi connectivity index (χ1n) is 9.24. The number of halogens is 1. The average molecular weight is 406 g/mol. The SMILES string of the molecule is C[C@H]1CCC[C@H](C)N1C(=O)COC(=O)CSc1cccc2cccc(Cl)c12. The molecule has 2 atom stereocenters. The van der Waals surface area contributed by atoms with Gasteiger partial charge in [0.1, 0.15) is 0 Å². The molecule has 0 unspecified atom stereocenters. The molecule has 1 heterocycles. The van der Waals surface area contributed by atoms with E-state index in [1.54, 1.807) is 0 Å². The van der Waals surface area contributed by atoms with Crippen LogP contribution < -0.4 is 0 Å². The van der Waals surface area contributed by atoms with Crippen molar-refractivity contribution in [3.63, 3.8) is 0 Å². The van der Waals surface area contributed by atoms with Crippen molar-refractivity contribution in [1.82, 2.24) is 4.90 Å². The predicted octanol–water partition coefficient (Wildman–Crippen LogP) is 4.92. The maximum atomic E-state index is 12.4. The zero-order chi connectivity index (χ0) is 19.4. The van der Waals surface area contributed by atoms with Gasteiger partial charge in [-0.3, -0.25) is 9.59 Å². The molecule has 0 aromatic heterocycles. The Hall–Kier alpha value is -1.72. The molecule has 4 nitrogen and oxygen atoms in total. The summed E-state index contributed by atoms with van der Waals surface area (Å²) in [5.74, 6) is -0.362. The number of thioether (sulfide) groups is 1. The minimum absolute atomic E-state index is 0.110. The summed E-state index contributed by atoms with van der Waals surface area (Å²) in [4.78, 5) is 27.4. The molecule has 2 aromatic carbocycles. The van der Waals surface area contributed by atoms with E-state index in [0.29, 0.717) is 5.02 Å². The molecular weight excluding hydrogens is 382 g/mol. The highest BCUT2D eigenvalue weighted by Gasteiger charge is 2.29. The van der Waals surface area contributed by atoms with E-state index >= 15 is 0 Å². The normalized spacial score (nSPS) is 19.9. The number of amides is 1. The summed E-state index contributed by atoms with van der Waals surface area (Å²) >= 11 is 7.69. The van der Waals surface area contributed by atoms with Gasteiger partial charge < -0.3 is 9.64 Å². The second-order valence-corrected chi connectivity index (χ2v) is 8.40. The fourth-order valence-electron chi connectivity index (χ4n) is 3.69. The van der Waals surface area contributed by atoms with Crippen LogP contribution >= 0.6 is 23.4 Å². The molecule has 1 amide bonds. The fourth-order valence-corrected chi connectivity index (χ4v) is 4.93. The Morgan fingerprint density at radius 1 is 1.15 bits per heavy atom. The maximum Gasteiger partial charge on any atom is 0.316 e. The highest BCUT2D eigenvalue weighted by Crippen LogP contribution is 2.33. The van der Waals surface area contributed by atoms with Crippen LogP contribution in [-0.2, 0) is 14.3 Å². The fraction of sp³-hybridized carbons (Fsp3) is 0.429. The van der Waals surface area contributed by atoms with Crippen LogP contribution in [0.1, 0.15) is 33.1 Å². The van der Waals surface area contributed by atoms with Crippen molar-refractivity contribution in [1.29, 1.82) is 0 Å². The quantitative estimate of drug-likeness (QED) is 0.523. The van der Waals surface area contributed by atoms with Crippen LogP contribution in [0.15, 0.2) is 41.3 Å². The number of likely N-dealkylation sites (tertiary alicyclic amines) is 1. The number of carbonyl (C=O) groups is 2. The minimum atomic E-state index is -0.394. The number of hydrogen-bond donors (Lipinski definition) is 0. The van der Waals surface area contributed by atoms with Gasteiger partial charge >= 0.3 is 5.97 Å². The molecule has 2 aromatic rings. The maximum absolute atomic E-state index is 12.4. The number of ether oxygens (including phenoxy) is 1. The number of carbonyl (C=O) groups excluding carboxylic acids is 2. The van der Waals surface area contributed by atoms with Crippen LogP contribution in [-0.4, -0.2) is 41.2 Å². The van der Waals surface area contributed by atoms with E-state index in [1.165, 1.54) is 11.8 Å². The Labute approximate surface area is 169 Å². The summed E-state index contributed by atoms with van der Waals surface area (Å²) < 4.78 is 5.23. The number of piperidine rings is 1. The lowest BCUT2D eigenvalue weighted by molar-refractivity contribution is -0.153. The van der Waals surface area contributed by atoms with E-state index in [-0.39, 0.29) is 30.4 Å². The molecule has 0 radical (unpaired) electrons. The molecule has 1 aliphatic heterocycles. The Balaban J connectivity index is 1.55. The Morgan fingerprint density at radius 3 is 2.52 bits per heavy atom. The van der Waals surface area contributed by atoms with Crippen molar-refractivity contribution in [3.05, 3.63) is 41.4 Å². The van der Waals surface area contributed by atoms with Gasteiger partial charge in [-0.15, -0.1) is 11.8 Å². The van der Waals surface area contributed by atoms with Crippen molar-refractivity contribution in [3.8, 4) is 0 Å².